The zero-order valence-corrected chi connectivity index (χ0v) is 17.0. The van der Waals surface area contributed by atoms with Crippen molar-refractivity contribution < 1.29 is 4.74 Å². The smallest absolute Gasteiger partial charge is 0.205 e. The Morgan fingerprint density at radius 2 is 1.90 bits per heavy atom. The minimum atomic E-state index is -0.201. The van der Waals surface area contributed by atoms with E-state index in [9.17, 15) is 5.26 Å². The molecule has 2 aliphatic rings. The van der Waals surface area contributed by atoms with Crippen LogP contribution in [0.25, 0.3) is 6.08 Å². The Hall–Kier alpha value is -3.00. The van der Waals surface area contributed by atoms with Gasteiger partial charge in [-0.2, -0.15) is 5.26 Å². The van der Waals surface area contributed by atoms with Gasteiger partial charge in [0.05, 0.1) is 5.92 Å². The van der Waals surface area contributed by atoms with Crippen molar-refractivity contribution in [2.75, 3.05) is 19.6 Å². The van der Waals surface area contributed by atoms with E-state index in [1.54, 1.807) is 0 Å². The van der Waals surface area contributed by atoms with Crippen molar-refractivity contribution >= 4 is 17.7 Å². The molecule has 5 heteroatoms. The molecule has 0 saturated carbocycles. The summed E-state index contributed by atoms with van der Waals surface area (Å²) < 4.78 is 6.04. The maximum atomic E-state index is 9.80. The molecule has 2 heterocycles. The number of hydrogen-bond donors (Lipinski definition) is 1. The van der Waals surface area contributed by atoms with Crippen molar-refractivity contribution in [1.29, 1.82) is 5.26 Å². The second-order valence-corrected chi connectivity index (χ2v) is 7.65. The van der Waals surface area contributed by atoms with E-state index in [1.807, 2.05) is 54.6 Å². The summed E-state index contributed by atoms with van der Waals surface area (Å²) >= 11 is 6.03. The molecule has 4 rings (SSSR count). The van der Waals surface area contributed by atoms with Gasteiger partial charge in [-0.15, -0.1) is 0 Å². The number of nitrogens with zero attached hydrogens (tertiary/aromatic N) is 2. The highest BCUT2D eigenvalue weighted by atomic mass is 35.5. The van der Waals surface area contributed by atoms with Gasteiger partial charge in [0, 0.05) is 23.7 Å². The maximum absolute atomic E-state index is 9.80. The summed E-state index contributed by atoms with van der Waals surface area (Å²) in [6, 6.07) is 20.0. The van der Waals surface area contributed by atoms with Gasteiger partial charge in [0.25, 0.3) is 0 Å². The van der Waals surface area contributed by atoms with E-state index in [4.69, 9.17) is 22.1 Å². The Kier molecular flexibility index (Phi) is 5.44. The monoisotopic (exact) mass is 403 g/mol. The molecule has 0 amide bonds. The van der Waals surface area contributed by atoms with Crippen molar-refractivity contribution in [2.24, 2.45) is 5.73 Å². The molecule has 0 bridgehead atoms. The third-order valence-electron chi connectivity index (χ3n) is 5.40. The normalized spacial score (nSPS) is 21.0. The first-order chi connectivity index (χ1) is 14.1. The third kappa shape index (κ3) is 3.80. The SMILES string of the molecule is CCN1CC2=C(OC(N)=C(C#N)C2c2ccccc2)/C(=C/c2ccc(Cl)cc2)C1. The molecule has 0 saturated heterocycles. The van der Waals surface area contributed by atoms with E-state index < -0.39 is 0 Å². The van der Waals surface area contributed by atoms with Gasteiger partial charge in [0.15, 0.2) is 0 Å². The van der Waals surface area contributed by atoms with Crippen LogP contribution in [0.15, 0.2) is 83.0 Å². The molecular formula is C24H22ClN3O. The van der Waals surface area contributed by atoms with Crippen LogP contribution in [0, 0.1) is 11.3 Å². The highest BCUT2D eigenvalue weighted by Gasteiger charge is 2.37. The van der Waals surface area contributed by atoms with Gasteiger partial charge in [-0.25, -0.2) is 0 Å². The summed E-state index contributed by atoms with van der Waals surface area (Å²) in [5, 5.41) is 10.5. The van der Waals surface area contributed by atoms with Crippen molar-refractivity contribution in [2.45, 2.75) is 12.8 Å². The summed E-state index contributed by atoms with van der Waals surface area (Å²) in [7, 11) is 0. The van der Waals surface area contributed by atoms with E-state index in [2.05, 4.69) is 24.0 Å². The van der Waals surface area contributed by atoms with Crippen molar-refractivity contribution in [3.05, 3.63) is 99.1 Å². The molecular weight excluding hydrogens is 382 g/mol. The van der Waals surface area contributed by atoms with Crippen LogP contribution < -0.4 is 5.73 Å². The number of nitrogens with two attached hydrogens (primary N) is 1. The fraction of sp³-hybridized carbons (Fsp3) is 0.208. The second kappa shape index (κ2) is 8.16. The molecule has 2 aromatic carbocycles. The first-order valence-corrected chi connectivity index (χ1v) is 10.0. The van der Waals surface area contributed by atoms with Crippen LogP contribution in [0.3, 0.4) is 0 Å². The second-order valence-electron chi connectivity index (χ2n) is 7.21. The van der Waals surface area contributed by atoms with Gasteiger partial charge in [0.1, 0.15) is 17.4 Å². The molecule has 2 aromatic rings. The highest BCUT2D eigenvalue weighted by molar-refractivity contribution is 6.30. The Morgan fingerprint density at radius 1 is 1.17 bits per heavy atom. The molecule has 146 valence electrons. The molecule has 0 radical (unpaired) electrons. The fourth-order valence-corrected chi connectivity index (χ4v) is 4.08. The number of benzene rings is 2. The molecule has 1 atom stereocenters. The van der Waals surface area contributed by atoms with Crippen LogP contribution in [0.5, 0.6) is 0 Å². The molecule has 4 nitrogen and oxygen atoms in total. The first-order valence-electron chi connectivity index (χ1n) is 9.65. The number of nitriles is 1. The van der Waals surface area contributed by atoms with Gasteiger partial charge >= 0.3 is 0 Å². The summed E-state index contributed by atoms with van der Waals surface area (Å²) in [5.74, 6) is 0.773. The topological polar surface area (TPSA) is 62.3 Å². The minimum absolute atomic E-state index is 0.187. The van der Waals surface area contributed by atoms with E-state index in [-0.39, 0.29) is 11.8 Å². The van der Waals surface area contributed by atoms with Crippen molar-refractivity contribution in [1.82, 2.24) is 4.90 Å². The average molecular weight is 404 g/mol. The van der Waals surface area contributed by atoms with E-state index in [0.717, 1.165) is 47.7 Å². The number of allylic oxidation sites excluding steroid dienone is 1. The summed E-state index contributed by atoms with van der Waals surface area (Å²) in [4.78, 5) is 2.34. The number of hydrogen-bond acceptors (Lipinski definition) is 4. The predicted molar refractivity (Wildman–Crippen MR) is 116 cm³/mol. The van der Waals surface area contributed by atoms with Crippen LogP contribution in [0.1, 0.15) is 24.0 Å². The molecule has 0 aromatic heterocycles. The Balaban J connectivity index is 1.86. The van der Waals surface area contributed by atoms with E-state index in [0.29, 0.717) is 10.6 Å². The van der Waals surface area contributed by atoms with Gasteiger partial charge in [0.2, 0.25) is 5.88 Å². The van der Waals surface area contributed by atoms with Crippen LogP contribution >= 0.6 is 11.6 Å². The summed E-state index contributed by atoms with van der Waals surface area (Å²) in [5.41, 5.74) is 10.9. The van der Waals surface area contributed by atoms with E-state index >= 15 is 0 Å². The number of likely N-dealkylation sites (N-methyl/N-ethyl adjacent to an activating group) is 1. The summed E-state index contributed by atoms with van der Waals surface area (Å²) in [6.07, 6.45) is 2.11. The highest BCUT2D eigenvalue weighted by Crippen LogP contribution is 2.43. The largest absolute Gasteiger partial charge is 0.440 e. The number of ether oxygens (including phenoxy) is 1. The quantitative estimate of drug-likeness (QED) is 0.797. The Labute approximate surface area is 176 Å². The molecule has 0 fully saturated rings. The first kappa shape index (κ1) is 19.3. The van der Waals surface area contributed by atoms with Crippen molar-refractivity contribution in [3.63, 3.8) is 0 Å². The van der Waals surface area contributed by atoms with Gasteiger partial charge in [-0.05, 0) is 41.5 Å². The molecule has 0 spiro atoms. The minimum Gasteiger partial charge on any atom is -0.440 e. The van der Waals surface area contributed by atoms with Crippen LogP contribution in [0.4, 0.5) is 0 Å². The predicted octanol–water partition coefficient (Wildman–Crippen LogP) is 4.82. The Morgan fingerprint density at radius 3 is 2.55 bits per heavy atom. The van der Waals surface area contributed by atoms with Gasteiger partial charge in [-0.3, -0.25) is 4.90 Å². The van der Waals surface area contributed by atoms with Crippen LogP contribution in [-0.4, -0.2) is 24.5 Å². The molecule has 2 aliphatic heterocycles. The molecule has 2 N–H and O–H groups in total. The lowest BCUT2D eigenvalue weighted by molar-refractivity contribution is 0.239. The molecule has 29 heavy (non-hydrogen) atoms. The zero-order chi connectivity index (χ0) is 20.4. The van der Waals surface area contributed by atoms with Crippen LogP contribution in [-0.2, 0) is 4.74 Å². The summed E-state index contributed by atoms with van der Waals surface area (Å²) in [6.45, 7) is 4.54. The molecule has 0 aliphatic carbocycles. The van der Waals surface area contributed by atoms with E-state index in [1.165, 1.54) is 0 Å². The zero-order valence-electron chi connectivity index (χ0n) is 16.2. The average Bonchev–Trinajstić information content (AvgIpc) is 2.75. The lowest BCUT2D eigenvalue weighted by Gasteiger charge is -2.38. The molecule has 1 unspecified atom stereocenters. The van der Waals surface area contributed by atoms with Crippen LogP contribution in [0.2, 0.25) is 5.02 Å². The van der Waals surface area contributed by atoms with Gasteiger partial charge in [-0.1, -0.05) is 61.0 Å². The number of rotatable bonds is 3. The van der Waals surface area contributed by atoms with Gasteiger partial charge < -0.3 is 10.5 Å². The standard InChI is InChI=1S/C24H22ClN3O/c1-2-28-14-18(12-16-8-10-19(25)11-9-16)23-21(15-28)22(17-6-4-3-5-7-17)20(13-26)24(27)29-23/h3-12,22H,2,14-15,27H2,1H3/b18-12+. The lowest BCUT2D eigenvalue weighted by atomic mass is 9.80. The van der Waals surface area contributed by atoms with Crippen molar-refractivity contribution in [3.8, 4) is 6.07 Å². The Bertz CT molecular complexity index is 1050. The lowest BCUT2D eigenvalue weighted by Crippen LogP contribution is -2.38. The fourth-order valence-electron chi connectivity index (χ4n) is 3.95. The number of halogens is 1. The third-order valence-corrected chi connectivity index (χ3v) is 5.65. The maximum Gasteiger partial charge on any atom is 0.205 e.